The average Bonchev–Trinajstić information content (AvgIpc) is 2.98. The van der Waals surface area contributed by atoms with Crippen LogP contribution in [0, 0.1) is 5.92 Å². The van der Waals surface area contributed by atoms with Crippen LogP contribution in [0.15, 0.2) is 17.5 Å². The Hall–Kier alpha value is -1.89. The topological polar surface area (TPSA) is 87.3 Å². The second-order valence-corrected chi connectivity index (χ2v) is 6.25. The van der Waals surface area contributed by atoms with Crippen LogP contribution in [-0.4, -0.2) is 36.3 Å². The van der Waals surface area contributed by atoms with Crippen molar-refractivity contribution in [1.29, 1.82) is 0 Å². The maximum absolute atomic E-state index is 12.3. The van der Waals surface area contributed by atoms with Gasteiger partial charge in [0.25, 0.3) is 5.91 Å². The van der Waals surface area contributed by atoms with Gasteiger partial charge in [0, 0.05) is 6.54 Å². The summed E-state index contributed by atoms with van der Waals surface area (Å²) in [7, 11) is 0. The highest BCUT2D eigenvalue weighted by atomic mass is 32.1. The fourth-order valence-corrected chi connectivity index (χ4v) is 2.48. The highest BCUT2D eigenvalue weighted by Gasteiger charge is 2.27. The molecule has 7 heteroatoms. The summed E-state index contributed by atoms with van der Waals surface area (Å²) in [5, 5.41) is 9.80. The third kappa shape index (κ3) is 5.14. The third-order valence-corrected chi connectivity index (χ3v) is 3.95. The van der Waals surface area contributed by atoms with Crippen LogP contribution in [-0.2, 0) is 9.59 Å². The van der Waals surface area contributed by atoms with Crippen molar-refractivity contribution >= 4 is 29.1 Å². The number of rotatable bonds is 7. The second kappa shape index (κ2) is 8.53. The number of hydrogen-bond acceptors (Lipinski definition) is 4. The van der Waals surface area contributed by atoms with Gasteiger partial charge < -0.3 is 16.0 Å². The van der Waals surface area contributed by atoms with Crippen molar-refractivity contribution in [2.75, 3.05) is 6.54 Å². The van der Waals surface area contributed by atoms with E-state index >= 15 is 0 Å². The predicted molar refractivity (Wildman–Crippen MR) is 86.7 cm³/mol. The minimum atomic E-state index is -0.688. The van der Waals surface area contributed by atoms with Gasteiger partial charge >= 0.3 is 0 Å². The van der Waals surface area contributed by atoms with Gasteiger partial charge in [-0.05, 0) is 31.2 Å². The molecule has 1 rings (SSSR count). The molecule has 0 aliphatic carbocycles. The summed E-state index contributed by atoms with van der Waals surface area (Å²) < 4.78 is 0. The lowest BCUT2D eigenvalue weighted by Crippen LogP contribution is -2.54. The molecule has 0 unspecified atom stereocenters. The van der Waals surface area contributed by atoms with E-state index in [1.165, 1.54) is 11.3 Å². The van der Waals surface area contributed by atoms with Crippen LogP contribution in [0.2, 0.25) is 0 Å². The fraction of sp³-hybridized carbons (Fsp3) is 0.533. The number of nitrogens with one attached hydrogen (secondary N) is 3. The van der Waals surface area contributed by atoms with E-state index in [4.69, 9.17) is 0 Å². The number of amides is 3. The first-order chi connectivity index (χ1) is 10.4. The van der Waals surface area contributed by atoms with Gasteiger partial charge in [-0.25, -0.2) is 0 Å². The zero-order valence-electron chi connectivity index (χ0n) is 13.3. The van der Waals surface area contributed by atoms with Crippen molar-refractivity contribution in [1.82, 2.24) is 16.0 Å². The molecule has 0 saturated carbocycles. The van der Waals surface area contributed by atoms with Gasteiger partial charge in [-0.15, -0.1) is 11.3 Å². The molecule has 0 bridgehead atoms. The molecule has 0 saturated heterocycles. The lowest BCUT2D eigenvalue weighted by Gasteiger charge is -2.23. The van der Waals surface area contributed by atoms with E-state index in [0.29, 0.717) is 11.4 Å². The molecule has 0 aliphatic heterocycles. The summed E-state index contributed by atoms with van der Waals surface area (Å²) in [4.78, 5) is 36.6. The molecule has 0 fully saturated rings. The molecule has 0 aliphatic rings. The summed E-state index contributed by atoms with van der Waals surface area (Å²) in [5.74, 6) is -0.985. The highest BCUT2D eigenvalue weighted by Crippen LogP contribution is 2.10. The number of carbonyl (C=O) groups is 3. The normalized spacial score (nSPS) is 13.3. The first kappa shape index (κ1) is 18.2. The molecular formula is C15H23N3O3S. The van der Waals surface area contributed by atoms with Crippen LogP contribution in [0.1, 0.15) is 37.4 Å². The number of thiophene rings is 1. The Morgan fingerprint density at radius 2 is 1.82 bits per heavy atom. The van der Waals surface area contributed by atoms with Crippen molar-refractivity contribution in [2.24, 2.45) is 5.92 Å². The SMILES string of the molecule is CCNC(=O)[C@@H](C)NC(=O)[C@H](NC(=O)c1cccs1)C(C)C. The Kier molecular flexibility index (Phi) is 7.04. The first-order valence-corrected chi connectivity index (χ1v) is 8.17. The van der Waals surface area contributed by atoms with Crippen LogP contribution >= 0.6 is 11.3 Å². The summed E-state index contributed by atoms with van der Waals surface area (Å²) in [6.07, 6.45) is 0. The first-order valence-electron chi connectivity index (χ1n) is 7.29. The molecule has 3 amide bonds. The van der Waals surface area contributed by atoms with Crippen molar-refractivity contribution < 1.29 is 14.4 Å². The lowest BCUT2D eigenvalue weighted by atomic mass is 10.0. The van der Waals surface area contributed by atoms with Crippen LogP contribution < -0.4 is 16.0 Å². The molecule has 1 aromatic rings. The maximum atomic E-state index is 12.3. The molecule has 3 N–H and O–H groups in total. The summed E-state index contributed by atoms with van der Waals surface area (Å²) in [6, 6.07) is 2.15. The van der Waals surface area contributed by atoms with E-state index in [2.05, 4.69) is 16.0 Å². The summed E-state index contributed by atoms with van der Waals surface area (Å²) in [6.45, 7) is 7.61. The van der Waals surface area contributed by atoms with Crippen LogP contribution in [0.4, 0.5) is 0 Å². The number of likely N-dealkylation sites (N-methyl/N-ethyl adjacent to an activating group) is 1. The number of carbonyl (C=O) groups excluding carboxylic acids is 3. The highest BCUT2D eigenvalue weighted by molar-refractivity contribution is 7.12. The van der Waals surface area contributed by atoms with Crippen LogP contribution in [0.3, 0.4) is 0 Å². The average molecular weight is 325 g/mol. The minimum absolute atomic E-state index is 0.0923. The van der Waals surface area contributed by atoms with E-state index in [1.807, 2.05) is 20.8 Å². The van der Waals surface area contributed by atoms with Gasteiger partial charge in [-0.3, -0.25) is 14.4 Å². The van der Waals surface area contributed by atoms with Gasteiger partial charge in [-0.1, -0.05) is 19.9 Å². The Bertz CT molecular complexity index is 514. The van der Waals surface area contributed by atoms with Gasteiger partial charge in [0.1, 0.15) is 12.1 Å². The molecule has 122 valence electrons. The van der Waals surface area contributed by atoms with E-state index in [0.717, 1.165) is 0 Å². The van der Waals surface area contributed by atoms with Gasteiger partial charge in [0.15, 0.2) is 0 Å². The lowest BCUT2D eigenvalue weighted by molar-refractivity contribution is -0.130. The minimum Gasteiger partial charge on any atom is -0.355 e. The van der Waals surface area contributed by atoms with Crippen molar-refractivity contribution in [3.8, 4) is 0 Å². The van der Waals surface area contributed by atoms with Gasteiger partial charge in [-0.2, -0.15) is 0 Å². The Morgan fingerprint density at radius 3 is 2.32 bits per heavy atom. The standard InChI is InChI=1S/C15H23N3O3S/c1-5-16-13(19)10(4)17-15(21)12(9(2)3)18-14(20)11-7-6-8-22-11/h6-10,12H,5H2,1-4H3,(H,16,19)(H,17,21)(H,18,20)/t10-,12-/m1/s1. The van der Waals surface area contributed by atoms with Gasteiger partial charge in [0.05, 0.1) is 4.88 Å². The molecule has 0 radical (unpaired) electrons. The zero-order valence-corrected chi connectivity index (χ0v) is 14.1. The molecule has 0 aromatic carbocycles. The van der Waals surface area contributed by atoms with Crippen molar-refractivity contribution in [3.05, 3.63) is 22.4 Å². The van der Waals surface area contributed by atoms with E-state index in [1.54, 1.807) is 24.4 Å². The summed E-state index contributed by atoms with van der Waals surface area (Å²) >= 11 is 1.31. The van der Waals surface area contributed by atoms with Crippen LogP contribution in [0.25, 0.3) is 0 Å². The van der Waals surface area contributed by atoms with E-state index < -0.39 is 12.1 Å². The van der Waals surface area contributed by atoms with Crippen LogP contribution in [0.5, 0.6) is 0 Å². The Morgan fingerprint density at radius 1 is 1.14 bits per heavy atom. The fourth-order valence-electron chi connectivity index (χ4n) is 1.85. The second-order valence-electron chi connectivity index (χ2n) is 5.30. The molecule has 6 nitrogen and oxygen atoms in total. The maximum Gasteiger partial charge on any atom is 0.262 e. The molecule has 1 aromatic heterocycles. The van der Waals surface area contributed by atoms with E-state index in [9.17, 15) is 14.4 Å². The molecule has 2 atom stereocenters. The third-order valence-electron chi connectivity index (χ3n) is 3.08. The quantitative estimate of drug-likeness (QED) is 0.702. The van der Waals surface area contributed by atoms with Crippen molar-refractivity contribution in [2.45, 2.75) is 39.8 Å². The summed E-state index contributed by atoms with van der Waals surface area (Å²) in [5.41, 5.74) is 0. The molecular weight excluding hydrogens is 302 g/mol. The predicted octanol–water partition coefficient (Wildman–Crippen LogP) is 1.14. The zero-order chi connectivity index (χ0) is 16.7. The van der Waals surface area contributed by atoms with E-state index in [-0.39, 0.29) is 23.6 Å². The van der Waals surface area contributed by atoms with Gasteiger partial charge in [0.2, 0.25) is 11.8 Å². The molecule has 0 spiro atoms. The molecule has 22 heavy (non-hydrogen) atoms. The Labute approximate surface area is 134 Å². The Balaban J connectivity index is 2.68. The monoisotopic (exact) mass is 325 g/mol. The largest absolute Gasteiger partial charge is 0.355 e. The molecule has 1 heterocycles. The smallest absolute Gasteiger partial charge is 0.262 e. The number of hydrogen-bond donors (Lipinski definition) is 3. The van der Waals surface area contributed by atoms with Crippen molar-refractivity contribution in [3.63, 3.8) is 0 Å².